The monoisotopic (exact) mass is 404 g/mol. The maximum absolute atomic E-state index is 13.8. The number of urea groups is 1. The fraction of sp³-hybridized carbons (Fsp3) is 0.619. The number of rotatable bonds is 2. The van der Waals surface area contributed by atoms with Gasteiger partial charge in [0.25, 0.3) is 0 Å². The zero-order valence-electron chi connectivity index (χ0n) is 16.9. The minimum Gasteiger partial charge on any atom is -0.378 e. The van der Waals surface area contributed by atoms with Gasteiger partial charge in [-0.25, -0.2) is 9.18 Å². The smallest absolute Gasteiger partial charge is 0.321 e. The molecule has 3 saturated heterocycles. The lowest BCUT2D eigenvalue weighted by molar-refractivity contribution is -0.139. The maximum atomic E-state index is 13.8. The highest BCUT2D eigenvalue weighted by molar-refractivity contribution is 5.89. The van der Waals surface area contributed by atoms with E-state index in [1.807, 2.05) is 11.9 Å². The number of halogens is 1. The molecule has 8 heteroatoms. The molecule has 1 aromatic carbocycles. The van der Waals surface area contributed by atoms with Gasteiger partial charge in [0.05, 0.1) is 24.9 Å². The van der Waals surface area contributed by atoms with Crippen LogP contribution in [-0.2, 0) is 9.53 Å². The van der Waals surface area contributed by atoms with Gasteiger partial charge in [-0.2, -0.15) is 0 Å². The van der Waals surface area contributed by atoms with Crippen LogP contribution < -0.4 is 5.32 Å². The molecule has 1 aromatic rings. The van der Waals surface area contributed by atoms with Gasteiger partial charge in [-0.3, -0.25) is 9.69 Å². The molecule has 3 fully saturated rings. The molecule has 3 aliphatic rings. The third-order valence-corrected chi connectivity index (χ3v) is 6.58. The first kappa shape index (κ1) is 20.1. The van der Waals surface area contributed by atoms with E-state index in [1.165, 1.54) is 6.07 Å². The number of piperidine rings is 1. The fourth-order valence-electron chi connectivity index (χ4n) is 4.84. The first-order valence-electron chi connectivity index (χ1n) is 10.3. The van der Waals surface area contributed by atoms with Crippen molar-refractivity contribution < 1.29 is 18.7 Å². The van der Waals surface area contributed by atoms with Crippen molar-refractivity contribution in [2.24, 2.45) is 5.41 Å². The second-order valence-corrected chi connectivity index (χ2v) is 8.47. The molecule has 158 valence electrons. The predicted octanol–water partition coefficient (Wildman–Crippen LogP) is 2.00. The molecule has 1 N–H and O–H groups in total. The zero-order valence-corrected chi connectivity index (χ0v) is 16.9. The van der Waals surface area contributed by atoms with Crippen LogP contribution in [0.25, 0.3) is 0 Å². The van der Waals surface area contributed by atoms with E-state index in [0.29, 0.717) is 39.4 Å². The van der Waals surface area contributed by atoms with Gasteiger partial charge in [0.1, 0.15) is 5.82 Å². The van der Waals surface area contributed by atoms with Crippen molar-refractivity contribution in [2.45, 2.75) is 25.3 Å². The van der Waals surface area contributed by atoms with Crippen LogP contribution in [0.2, 0.25) is 0 Å². The Bertz CT molecular complexity index is 760. The van der Waals surface area contributed by atoms with Gasteiger partial charge in [-0.15, -0.1) is 0 Å². The van der Waals surface area contributed by atoms with Crippen molar-refractivity contribution in [1.29, 1.82) is 0 Å². The summed E-state index contributed by atoms with van der Waals surface area (Å²) in [5.41, 5.74) is 0.269. The SMILES string of the molecule is CN1CC2(CCN(C(=O)Nc3ccccc3F)CC2)C[C@H]1C(=O)N1CCOCC1. The summed E-state index contributed by atoms with van der Waals surface area (Å²) in [6.07, 6.45) is 2.55. The van der Waals surface area contributed by atoms with Gasteiger partial charge in [-0.05, 0) is 43.9 Å². The number of likely N-dealkylation sites (tertiary alicyclic amines) is 2. The number of hydrogen-bond acceptors (Lipinski definition) is 4. The molecule has 0 aromatic heterocycles. The number of carbonyl (C=O) groups is 2. The molecule has 3 aliphatic heterocycles. The first-order chi connectivity index (χ1) is 14.0. The van der Waals surface area contributed by atoms with Gasteiger partial charge in [0.2, 0.25) is 5.91 Å². The highest BCUT2D eigenvalue weighted by Crippen LogP contribution is 2.43. The third-order valence-electron chi connectivity index (χ3n) is 6.58. The van der Waals surface area contributed by atoms with Crippen LogP contribution in [0, 0.1) is 11.2 Å². The minimum absolute atomic E-state index is 0.0656. The zero-order chi connectivity index (χ0) is 20.4. The summed E-state index contributed by atoms with van der Waals surface area (Å²) in [5, 5.41) is 2.67. The number of amides is 3. The lowest BCUT2D eigenvalue weighted by Gasteiger charge is -2.39. The number of hydrogen-bond donors (Lipinski definition) is 1. The van der Waals surface area contributed by atoms with Crippen molar-refractivity contribution in [1.82, 2.24) is 14.7 Å². The number of nitrogens with one attached hydrogen (secondary N) is 1. The van der Waals surface area contributed by atoms with Crippen LogP contribution in [0.5, 0.6) is 0 Å². The number of anilines is 1. The van der Waals surface area contributed by atoms with E-state index in [2.05, 4.69) is 10.2 Å². The molecule has 0 radical (unpaired) electrons. The number of nitrogens with zero attached hydrogens (tertiary/aromatic N) is 3. The summed E-state index contributed by atoms with van der Waals surface area (Å²) in [4.78, 5) is 31.3. The molecule has 0 aliphatic carbocycles. The normalized spacial score (nSPS) is 24.7. The number of carbonyl (C=O) groups excluding carboxylic acids is 2. The Labute approximate surface area is 170 Å². The molecule has 0 bridgehead atoms. The highest BCUT2D eigenvalue weighted by Gasteiger charge is 2.48. The Morgan fingerprint density at radius 1 is 1.10 bits per heavy atom. The number of para-hydroxylation sites is 1. The van der Waals surface area contributed by atoms with Crippen LogP contribution in [-0.4, -0.2) is 85.7 Å². The lowest BCUT2D eigenvalue weighted by atomic mass is 9.76. The van der Waals surface area contributed by atoms with Crippen molar-refractivity contribution >= 4 is 17.6 Å². The van der Waals surface area contributed by atoms with Crippen LogP contribution in [0.3, 0.4) is 0 Å². The maximum Gasteiger partial charge on any atom is 0.321 e. The largest absolute Gasteiger partial charge is 0.378 e. The average molecular weight is 404 g/mol. The highest BCUT2D eigenvalue weighted by atomic mass is 19.1. The number of morpholine rings is 1. The van der Waals surface area contributed by atoms with Crippen molar-refractivity contribution in [2.75, 3.05) is 58.3 Å². The van der Waals surface area contributed by atoms with Gasteiger partial charge >= 0.3 is 6.03 Å². The Balaban J connectivity index is 1.33. The first-order valence-corrected chi connectivity index (χ1v) is 10.3. The average Bonchev–Trinajstić information content (AvgIpc) is 3.06. The summed E-state index contributed by atoms with van der Waals surface area (Å²) in [7, 11) is 2.02. The molecule has 3 heterocycles. The van der Waals surface area contributed by atoms with Crippen molar-refractivity contribution in [3.05, 3.63) is 30.1 Å². The molecule has 1 atom stereocenters. The number of benzene rings is 1. The molecule has 0 unspecified atom stereocenters. The number of ether oxygens (including phenoxy) is 1. The summed E-state index contributed by atoms with van der Waals surface area (Å²) in [5.74, 6) is -0.233. The Hall–Kier alpha value is -2.19. The predicted molar refractivity (Wildman–Crippen MR) is 107 cm³/mol. The summed E-state index contributed by atoms with van der Waals surface area (Å²) in [6.45, 7) is 4.66. The van der Waals surface area contributed by atoms with Gasteiger partial charge < -0.3 is 19.9 Å². The van der Waals surface area contributed by atoms with E-state index in [-0.39, 0.29) is 29.1 Å². The molecule has 4 rings (SSSR count). The molecule has 1 spiro atoms. The fourth-order valence-corrected chi connectivity index (χ4v) is 4.84. The van der Waals surface area contributed by atoms with Gasteiger partial charge in [0, 0.05) is 32.7 Å². The molecule has 3 amide bonds. The standard InChI is InChI=1S/C21H29FN4O3/c1-24-15-21(14-18(24)19(27)25-10-12-29-13-11-25)6-8-26(9-7-21)20(28)23-17-5-3-2-4-16(17)22/h2-5,18H,6-15H2,1H3,(H,23,28)/t18-/m0/s1. The van der Waals surface area contributed by atoms with Crippen LogP contribution in [0.1, 0.15) is 19.3 Å². The summed E-state index contributed by atoms with van der Waals surface area (Å²) < 4.78 is 19.1. The Morgan fingerprint density at radius 3 is 2.48 bits per heavy atom. The van der Waals surface area contributed by atoms with E-state index < -0.39 is 5.82 Å². The summed E-state index contributed by atoms with van der Waals surface area (Å²) >= 11 is 0. The molecular formula is C21H29FN4O3. The van der Waals surface area contributed by atoms with Crippen molar-refractivity contribution in [3.63, 3.8) is 0 Å². The van der Waals surface area contributed by atoms with E-state index in [0.717, 1.165) is 25.8 Å². The molecular weight excluding hydrogens is 375 g/mol. The van der Waals surface area contributed by atoms with E-state index >= 15 is 0 Å². The lowest BCUT2D eigenvalue weighted by Crippen LogP contribution is -2.48. The Morgan fingerprint density at radius 2 is 1.79 bits per heavy atom. The number of likely N-dealkylation sites (N-methyl/N-ethyl adjacent to an activating group) is 1. The minimum atomic E-state index is -0.434. The topological polar surface area (TPSA) is 65.1 Å². The van der Waals surface area contributed by atoms with Crippen molar-refractivity contribution in [3.8, 4) is 0 Å². The Kier molecular flexibility index (Phi) is 5.74. The second-order valence-electron chi connectivity index (χ2n) is 8.47. The van der Waals surface area contributed by atoms with E-state index in [4.69, 9.17) is 4.74 Å². The van der Waals surface area contributed by atoms with Crippen LogP contribution in [0.15, 0.2) is 24.3 Å². The third kappa shape index (κ3) is 4.23. The van der Waals surface area contributed by atoms with Crippen LogP contribution in [0.4, 0.5) is 14.9 Å². The van der Waals surface area contributed by atoms with Gasteiger partial charge in [0.15, 0.2) is 0 Å². The molecule has 29 heavy (non-hydrogen) atoms. The van der Waals surface area contributed by atoms with E-state index in [1.54, 1.807) is 23.1 Å². The second kappa shape index (κ2) is 8.28. The molecule has 7 nitrogen and oxygen atoms in total. The quantitative estimate of drug-likeness (QED) is 0.819. The summed E-state index contributed by atoms with van der Waals surface area (Å²) in [6, 6.07) is 5.84. The van der Waals surface area contributed by atoms with Gasteiger partial charge in [-0.1, -0.05) is 12.1 Å². The van der Waals surface area contributed by atoms with Crippen LogP contribution >= 0.6 is 0 Å². The van der Waals surface area contributed by atoms with E-state index in [9.17, 15) is 14.0 Å². The molecule has 0 saturated carbocycles.